The van der Waals surface area contributed by atoms with E-state index in [-0.39, 0.29) is 11.4 Å². The fraction of sp³-hybridized carbons (Fsp3) is 0.105. The summed E-state index contributed by atoms with van der Waals surface area (Å²) in [5.41, 5.74) is 1.33. The third-order valence-electron chi connectivity index (χ3n) is 3.60. The average Bonchev–Trinajstić information content (AvgIpc) is 2.64. The third kappa shape index (κ3) is 4.77. The van der Waals surface area contributed by atoms with Gasteiger partial charge in [0.15, 0.2) is 0 Å². The molecule has 7 heteroatoms. The monoisotopic (exact) mass is 370 g/mol. The number of para-hydroxylation sites is 1. The molecule has 2 aromatic carbocycles. The van der Waals surface area contributed by atoms with Crippen LogP contribution in [0, 0.1) is 5.82 Å². The molecule has 0 radical (unpaired) electrons. The summed E-state index contributed by atoms with van der Waals surface area (Å²) in [6, 6.07) is 15.0. The van der Waals surface area contributed by atoms with Crippen molar-refractivity contribution in [2.45, 2.75) is 6.42 Å². The fourth-order valence-corrected chi connectivity index (χ4v) is 2.54. The Morgan fingerprint density at radius 2 is 1.96 bits per heavy atom. The van der Waals surface area contributed by atoms with Crippen LogP contribution in [0.5, 0.6) is 0 Å². The van der Waals surface area contributed by atoms with Gasteiger partial charge in [0.2, 0.25) is 5.95 Å². The van der Waals surface area contributed by atoms with E-state index in [4.69, 9.17) is 11.6 Å². The quantitative estimate of drug-likeness (QED) is 0.683. The second-order valence-electron chi connectivity index (χ2n) is 5.51. The number of nitrogens with one attached hydrogen (secondary N) is 2. The molecule has 3 aromatic rings. The molecule has 0 saturated carbocycles. The number of hydrogen-bond donors (Lipinski definition) is 2. The van der Waals surface area contributed by atoms with E-state index in [2.05, 4.69) is 20.6 Å². The van der Waals surface area contributed by atoms with Crippen LogP contribution in [0.3, 0.4) is 0 Å². The lowest BCUT2D eigenvalue weighted by Gasteiger charge is -2.08. The zero-order chi connectivity index (χ0) is 18.4. The molecule has 0 bridgehead atoms. The molecule has 0 saturated heterocycles. The Hall–Kier alpha value is -2.99. The van der Waals surface area contributed by atoms with Crippen LogP contribution in [0.25, 0.3) is 0 Å². The van der Waals surface area contributed by atoms with Gasteiger partial charge >= 0.3 is 0 Å². The van der Waals surface area contributed by atoms with Crippen molar-refractivity contribution in [3.63, 3.8) is 0 Å². The first kappa shape index (κ1) is 17.8. The summed E-state index contributed by atoms with van der Waals surface area (Å²) in [5, 5.41) is 6.24. The fourth-order valence-electron chi connectivity index (χ4n) is 2.33. The lowest BCUT2D eigenvalue weighted by molar-refractivity contribution is 0.102. The molecule has 0 aliphatic carbocycles. The number of amides is 1. The number of aromatic nitrogens is 2. The molecule has 0 fully saturated rings. The number of carbonyl (C=O) groups is 1. The molecule has 0 aliphatic rings. The number of nitrogens with zero attached hydrogens (tertiary/aromatic N) is 2. The standard InChI is InChI=1S/C19H16ClFN4O/c20-14-5-3-4-13(12-14)8-10-22-19-23-11-9-17(25-19)18(26)24-16-7-2-1-6-15(16)21/h1-7,9,11-12H,8,10H2,(H,24,26)(H,22,23,25). The maximum absolute atomic E-state index is 13.6. The van der Waals surface area contributed by atoms with Gasteiger partial charge in [-0.3, -0.25) is 4.79 Å². The van der Waals surface area contributed by atoms with E-state index in [9.17, 15) is 9.18 Å². The summed E-state index contributed by atoms with van der Waals surface area (Å²) in [6.45, 7) is 0.582. The summed E-state index contributed by atoms with van der Waals surface area (Å²) < 4.78 is 13.6. The Balaban J connectivity index is 1.60. The van der Waals surface area contributed by atoms with E-state index in [0.29, 0.717) is 17.5 Å². The number of hydrogen-bond acceptors (Lipinski definition) is 4. The van der Waals surface area contributed by atoms with E-state index in [0.717, 1.165) is 12.0 Å². The van der Waals surface area contributed by atoms with E-state index >= 15 is 0 Å². The molecule has 0 spiro atoms. The third-order valence-corrected chi connectivity index (χ3v) is 3.83. The van der Waals surface area contributed by atoms with E-state index in [1.807, 2.05) is 24.3 Å². The Kier molecular flexibility index (Phi) is 5.76. The molecule has 1 aromatic heterocycles. The predicted molar refractivity (Wildman–Crippen MR) is 100 cm³/mol. The van der Waals surface area contributed by atoms with Crippen LogP contribution in [0.15, 0.2) is 60.8 Å². The van der Waals surface area contributed by atoms with Crippen molar-refractivity contribution >= 4 is 29.1 Å². The summed E-state index contributed by atoms with van der Waals surface area (Å²) in [6.07, 6.45) is 2.21. The van der Waals surface area contributed by atoms with Gasteiger partial charge in [-0.25, -0.2) is 14.4 Å². The molecule has 1 heterocycles. The van der Waals surface area contributed by atoms with Crippen molar-refractivity contribution < 1.29 is 9.18 Å². The molecule has 0 aliphatic heterocycles. The van der Waals surface area contributed by atoms with Gasteiger partial charge in [0, 0.05) is 17.8 Å². The number of anilines is 2. The van der Waals surface area contributed by atoms with Crippen LogP contribution >= 0.6 is 11.6 Å². The molecule has 132 valence electrons. The van der Waals surface area contributed by atoms with Crippen molar-refractivity contribution in [1.82, 2.24) is 9.97 Å². The SMILES string of the molecule is O=C(Nc1ccccc1F)c1ccnc(NCCc2cccc(Cl)c2)n1. The minimum absolute atomic E-state index is 0.103. The van der Waals surface area contributed by atoms with Gasteiger partial charge in [-0.05, 0) is 42.3 Å². The highest BCUT2D eigenvalue weighted by Gasteiger charge is 2.11. The normalized spacial score (nSPS) is 10.4. The lowest BCUT2D eigenvalue weighted by Crippen LogP contribution is -2.16. The van der Waals surface area contributed by atoms with Crippen molar-refractivity contribution in [3.8, 4) is 0 Å². The van der Waals surface area contributed by atoms with Crippen molar-refractivity contribution in [2.24, 2.45) is 0 Å². The van der Waals surface area contributed by atoms with Crippen LogP contribution in [0.4, 0.5) is 16.0 Å². The molecule has 0 unspecified atom stereocenters. The highest BCUT2D eigenvalue weighted by atomic mass is 35.5. The van der Waals surface area contributed by atoms with E-state index < -0.39 is 11.7 Å². The minimum atomic E-state index is -0.505. The van der Waals surface area contributed by atoms with Crippen LogP contribution in [0.2, 0.25) is 5.02 Å². The van der Waals surface area contributed by atoms with Gasteiger partial charge in [-0.15, -0.1) is 0 Å². The Morgan fingerprint density at radius 1 is 1.12 bits per heavy atom. The van der Waals surface area contributed by atoms with Crippen molar-refractivity contribution in [1.29, 1.82) is 0 Å². The highest BCUT2D eigenvalue weighted by molar-refractivity contribution is 6.30. The molecule has 1 amide bonds. The largest absolute Gasteiger partial charge is 0.354 e. The van der Waals surface area contributed by atoms with Crippen molar-refractivity contribution in [3.05, 3.63) is 82.9 Å². The van der Waals surface area contributed by atoms with Crippen LogP contribution < -0.4 is 10.6 Å². The van der Waals surface area contributed by atoms with Crippen LogP contribution in [-0.4, -0.2) is 22.4 Å². The molecule has 3 rings (SSSR count). The second kappa shape index (κ2) is 8.40. The van der Waals surface area contributed by atoms with E-state index in [1.165, 1.54) is 24.4 Å². The molecule has 0 atom stereocenters. The van der Waals surface area contributed by atoms with Gasteiger partial charge < -0.3 is 10.6 Å². The predicted octanol–water partition coefficient (Wildman–Crippen LogP) is 4.18. The first-order chi connectivity index (χ1) is 12.6. The Labute approximate surface area is 155 Å². The number of halogens is 2. The zero-order valence-corrected chi connectivity index (χ0v) is 14.5. The highest BCUT2D eigenvalue weighted by Crippen LogP contribution is 2.14. The first-order valence-electron chi connectivity index (χ1n) is 7.99. The average molecular weight is 371 g/mol. The summed E-state index contributed by atoms with van der Waals surface area (Å²) >= 11 is 5.96. The molecular weight excluding hydrogens is 355 g/mol. The Bertz CT molecular complexity index is 919. The second-order valence-corrected chi connectivity index (χ2v) is 5.94. The molecule has 26 heavy (non-hydrogen) atoms. The van der Waals surface area contributed by atoms with Crippen LogP contribution in [-0.2, 0) is 6.42 Å². The minimum Gasteiger partial charge on any atom is -0.354 e. The van der Waals surface area contributed by atoms with Gasteiger partial charge in [0.25, 0.3) is 5.91 Å². The van der Waals surface area contributed by atoms with Gasteiger partial charge in [0.05, 0.1) is 5.69 Å². The van der Waals surface area contributed by atoms with Gasteiger partial charge in [-0.1, -0.05) is 35.9 Å². The van der Waals surface area contributed by atoms with Gasteiger partial charge in [-0.2, -0.15) is 0 Å². The first-order valence-corrected chi connectivity index (χ1v) is 8.37. The molecular formula is C19H16ClFN4O. The van der Waals surface area contributed by atoms with Gasteiger partial charge in [0.1, 0.15) is 11.5 Å². The maximum Gasteiger partial charge on any atom is 0.274 e. The maximum atomic E-state index is 13.6. The molecule has 5 nitrogen and oxygen atoms in total. The molecule has 2 N–H and O–H groups in total. The summed E-state index contributed by atoms with van der Waals surface area (Å²) in [7, 11) is 0. The lowest BCUT2D eigenvalue weighted by atomic mass is 10.1. The van der Waals surface area contributed by atoms with Crippen molar-refractivity contribution in [2.75, 3.05) is 17.2 Å². The number of rotatable bonds is 6. The Morgan fingerprint density at radius 3 is 2.77 bits per heavy atom. The zero-order valence-electron chi connectivity index (χ0n) is 13.7. The van der Waals surface area contributed by atoms with Crippen LogP contribution in [0.1, 0.15) is 16.1 Å². The topological polar surface area (TPSA) is 66.9 Å². The summed E-state index contributed by atoms with van der Waals surface area (Å²) in [5.74, 6) is -0.682. The summed E-state index contributed by atoms with van der Waals surface area (Å²) in [4.78, 5) is 20.5. The number of benzene rings is 2. The number of carbonyl (C=O) groups excluding carboxylic acids is 1. The van der Waals surface area contributed by atoms with E-state index in [1.54, 1.807) is 12.1 Å². The smallest absolute Gasteiger partial charge is 0.274 e.